The summed E-state index contributed by atoms with van der Waals surface area (Å²) in [5.74, 6) is -0.334. The molecule has 0 aliphatic heterocycles. The van der Waals surface area contributed by atoms with Gasteiger partial charge in [-0.15, -0.1) is 11.3 Å². The number of nitrogen functional groups attached to an aromatic ring is 1. The maximum absolute atomic E-state index is 13.4. The van der Waals surface area contributed by atoms with Crippen LogP contribution >= 0.6 is 11.3 Å². The highest BCUT2D eigenvalue weighted by atomic mass is 32.1. The fourth-order valence-electron chi connectivity index (χ4n) is 2.72. The summed E-state index contributed by atoms with van der Waals surface area (Å²) in [6.45, 7) is 1.29. The normalized spacial score (nSPS) is 14.8. The molecule has 2 aromatic heterocycles. The van der Waals surface area contributed by atoms with Gasteiger partial charge in [0.05, 0.1) is 16.1 Å². The largest absolute Gasteiger partial charge is 0.417 e. The van der Waals surface area contributed by atoms with Crippen molar-refractivity contribution in [1.29, 1.82) is 0 Å². The van der Waals surface area contributed by atoms with E-state index in [9.17, 15) is 18.0 Å². The summed E-state index contributed by atoms with van der Waals surface area (Å²) in [6.07, 6.45) is -2.92. The lowest BCUT2D eigenvalue weighted by Crippen LogP contribution is -2.11. The monoisotopic (exact) mass is 300 g/mol. The number of hydrogen-bond acceptors (Lipinski definition) is 4. The molecule has 0 aromatic carbocycles. The molecule has 7 heteroatoms. The van der Waals surface area contributed by atoms with Gasteiger partial charge in [0.1, 0.15) is 4.83 Å². The van der Waals surface area contributed by atoms with Crippen molar-refractivity contribution in [3.8, 4) is 0 Å². The number of aromatic nitrogens is 1. The van der Waals surface area contributed by atoms with E-state index in [4.69, 9.17) is 5.73 Å². The SMILES string of the molecule is CC(=O)c1sc2nc3c(c(C(F)(F)F)c2c1N)CCC3. The van der Waals surface area contributed by atoms with E-state index in [1.54, 1.807) is 0 Å². The Balaban J connectivity index is 2.46. The number of carbonyl (C=O) groups is 1. The minimum absolute atomic E-state index is 0.0907. The number of pyridine rings is 1. The number of hydrogen-bond donors (Lipinski definition) is 1. The first-order chi connectivity index (χ1) is 9.30. The molecule has 0 saturated carbocycles. The second kappa shape index (κ2) is 4.18. The number of rotatable bonds is 1. The molecule has 1 aliphatic carbocycles. The predicted molar refractivity (Wildman–Crippen MR) is 71.1 cm³/mol. The Kier molecular flexibility index (Phi) is 2.79. The van der Waals surface area contributed by atoms with Crippen LogP contribution in [0.15, 0.2) is 0 Å². The van der Waals surface area contributed by atoms with E-state index >= 15 is 0 Å². The van der Waals surface area contributed by atoms with Crippen LogP contribution in [0.25, 0.3) is 10.2 Å². The summed E-state index contributed by atoms with van der Waals surface area (Å²) < 4.78 is 40.2. The number of Topliss-reactive ketones (excluding diaryl/α,β-unsaturated/α-hetero) is 1. The zero-order valence-corrected chi connectivity index (χ0v) is 11.4. The molecule has 20 heavy (non-hydrogen) atoms. The number of anilines is 1. The molecular formula is C13H11F3N2OS. The molecule has 0 radical (unpaired) electrons. The second-order valence-corrected chi connectivity index (χ2v) is 5.84. The lowest BCUT2D eigenvalue weighted by Gasteiger charge is -2.13. The van der Waals surface area contributed by atoms with Gasteiger partial charge < -0.3 is 5.73 Å². The molecule has 0 atom stereocenters. The first-order valence-electron chi connectivity index (χ1n) is 6.12. The topological polar surface area (TPSA) is 56.0 Å². The molecule has 2 heterocycles. The molecule has 0 spiro atoms. The van der Waals surface area contributed by atoms with Gasteiger partial charge in [-0.05, 0) is 24.8 Å². The van der Waals surface area contributed by atoms with Crippen LogP contribution < -0.4 is 5.73 Å². The van der Waals surface area contributed by atoms with Gasteiger partial charge in [0.2, 0.25) is 0 Å². The summed E-state index contributed by atoms with van der Waals surface area (Å²) in [7, 11) is 0. The Hall–Kier alpha value is -1.63. The van der Waals surface area contributed by atoms with Crippen molar-refractivity contribution in [2.45, 2.75) is 32.4 Å². The molecule has 0 amide bonds. The first-order valence-corrected chi connectivity index (χ1v) is 6.94. The third-order valence-electron chi connectivity index (χ3n) is 3.51. The van der Waals surface area contributed by atoms with Crippen molar-refractivity contribution in [2.24, 2.45) is 0 Å². The van der Waals surface area contributed by atoms with Crippen molar-refractivity contribution in [3.05, 3.63) is 21.7 Å². The number of halogens is 3. The summed E-state index contributed by atoms with van der Waals surface area (Å²) in [4.78, 5) is 16.1. The Morgan fingerprint density at radius 3 is 2.65 bits per heavy atom. The summed E-state index contributed by atoms with van der Waals surface area (Å²) in [5.41, 5.74) is 5.72. The number of alkyl halides is 3. The van der Waals surface area contributed by atoms with Crippen LogP contribution in [-0.4, -0.2) is 10.8 Å². The Morgan fingerprint density at radius 1 is 1.35 bits per heavy atom. The maximum Gasteiger partial charge on any atom is 0.417 e. The van der Waals surface area contributed by atoms with Crippen LogP contribution in [0.2, 0.25) is 0 Å². The molecule has 2 N–H and O–H groups in total. The van der Waals surface area contributed by atoms with Gasteiger partial charge in [-0.2, -0.15) is 13.2 Å². The van der Waals surface area contributed by atoms with Crippen LogP contribution in [0.1, 0.15) is 39.8 Å². The Labute approximate surface area is 116 Å². The Morgan fingerprint density at radius 2 is 2.05 bits per heavy atom. The third-order valence-corrected chi connectivity index (χ3v) is 4.71. The van der Waals surface area contributed by atoms with Crippen molar-refractivity contribution in [3.63, 3.8) is 0 Å². The van der Waals surface area contributed by atoms with E-state index in [1.165, 1.54) is 6.92 Å². The maximum atomic E-state index is 13.4. The molecule has 2 aromatic rings. The van der Waals surface area contributed by atoms with E-state index in [0.29, 0.717) is 25.0 Å². The zero-order valence-electron chi connectivity index (χ0n) is 10.6. The molecule has 0 saturated heterocycles. The van der Waals surface area contributed by atoms with Crippen LogP contribution in [0.3, 0.4) is 0 Å². The van der Waals surface area contributed by atoms with Crippen molar-refractivity contribution in [1.82, 2.24) is 4.98 Å². The number of nitrogens with two attached hydrogens (primary N) is 1. The van der Waals surface area contributed by atoms with Gasteiger partial charge in [0.15, 0.2) is 5.78 Å². The number of aryl methyl sites for hydroxylation is 1. The molecule has 1 aliphatic rings. The zero-order chi connectivity index (χ0) is 14.7. The van der Waals surface area contributed by atoms with Gasteiger partial charge in [0.25, 0.3) is 0 Å². The van der Waals surface area contributed by atoms with Gasteiger partial charge in [-0.3, -0.25) is 4.79 Å². The highest BCUT2D eigenvalue weighted by molar-refractivity contribution is 7.21. The van der Waals surface area contributed by atoms with E-state index in [0.717, 1.165) is 11.3 Å². The van der Waals surface area contributed by atoms with Crippen molar-refractivity contribution >= 4 is 33.0 Å². The van der Waals surface area contributed by atoms with E-state index in [2.05, 4.69) is 4.98 Å². The minimum atomic E-state index is -4.49. The quantitative estimate of drug-likeness (QED) is 0.819. The van der Waals surface area contributed by atoms with Crippen LogP contribution in [0.5, 0.6) is 0 Å². The van der Waals surface area contributed by atoms with E-state index < -0.39 is 11.7 Å². The summed E-state index contributed by atoms with van der Waals surface area (Å²) in [6, 6.07) is 0. The highest BCUT2D eigenvalue weighted by Gasteiger charge is 2.40. The van der Waals surface area contributed by atoms with Gasteiger partial charge in [-0.25, -0.2) is 4.98 Å². The number of ketones is 1. The number of fused-ring (bicyclic) bond motifs is 2. The highest BCUT2D eigenvalue weighted by Crippen LogP contribution is 2.46. The minimum Gasteiger partial charge on any atom is -0.397 e. The van der Waals surface area contributed by atoms with Crippen LogP contribution in [0.4, 0.5) is 18.9 Å². The van der Waals surface area contributed by atoms with E-state index in [-0.39, 0.29) is 32.1 Å². The second-order valence-electron chi connectivity index (χ2n) is 4.84. The Bertz CT molecular complexity index is 734. The number of carbonyl (C=O) groups excluding carboxylic acids is 1. The molecule has 106 valence electrons. The van der Waals surface area contributed by atoms with Crippen molar-refractivity contribution < 1.29 is 18.0 Å². The summed E-state index contributed by atoms with van der Waals surface area (Å²) in [5, 5.41) is -0.103. The van der Waals surface area contributed by atoms with Gasteiger partial charge >= 0.3 is 6.18 Å². The van der Waals surface area contributed by atoms with Gasteiger partial charge in [0, 0.05) is 18.0 Å². The number of thiophene rings is 1. The summed E-state index contributed by atoms with van der Waals surface area (Å²) >= 11 is 0.943. The molecule has 0 fully saturated rings. The standard InChI is InChI=1S/C13H11F3N2OS/c1-5(19)11-10(17)8-9(13(14,15)16)6-3-2-4-7(6)18-12(8)20-11/h2-4,17H2,1H3. The van der Waals surface area contributed by atoms with E-state index in [1.807, 2.05) is 0 Å². The number of nitrogens with zero attached hydrogens (tertiary/aromatic N) is 1. The van der Waals surface area contributed by atoms with Gasteiger partial charge in [-0.1, -0.05) is 0 Å². The van der Waals surface area contributed by atoms with Crippen molar-refractivity contribution in [2.75, 3.05) is 5.73 Å². The molecule has 0 unspecified atom stereocenters. The molecular weight excluding hydrogens is 289 g/mol. The lowest BCUT2D eigenvalue weighted by atomic mass is 10.0. The average Bonchev–Trinajstić information content (AvgIpc) is 2.90. The molecule has 3 nitrogen and oxygen atoms in total. The van der Waals surface area contributed by atoms with Crippen LogP contribution in [0, 0.1) is 0 Å². The van der Waals surface area contributed by atoms with Crippen LogP contribution in [-0.2, 0) is 19.0 Å². The molecule has 3 rings (SSSR count). The fourth-order valence-corrected chi connectivity index (χ4v) is 3.74. The first kappa shape index (κ1) is 13.4. The lowest BCUT2D eigenvalue weighted by molar-refractivity contribution is -0.136. The fraction of sp³-hybridized carbons (Fsp3) is 0.385. The third kappa shape index (κ3) is 1.80. The predicted octanol–water partition coefficient (Wildman–Crippen LogP) is 3.59. The molecule has 0 bridgehead atoms. The average molecular weight is 300 g/mol. The smallest absolute Gasteiger partial charge is 0.397 e.